The second-order valence-electron chi connectivity index (χ2n) is 3.74. The first-order chi connectivity index (χ1) is 5.81. The van der Waals surface area contributed by atoms with Crippen molar-refractivity contribution in [3.05, 3.63) is 12.2 Å². The standard InChI is InChI=1S/C12H24/c1-4-6-7-8-9-11-12(3)10-5-2/h8-9,12H,4-7,10-11H2,1-3H3/b9-8+. The molecule has 0 aliphatic carbocycles. The summed E-state index contributed by atoms with van der Waals surface area (Å²) in [5.74, 6) is 0.882. The number of unbranched alkanes of at least 4 members (excludes halogenated alkanes) is 2. The van der Waals surface area contributed by atoms with Gasteiger partial charge in [-0.2, -0.15) is 0 Å². The predicted molar refractivity (Wildman–Crippen MR) is 57.4 cm³/mol. The van der Waals surface area contributed by atoms with E-state index in [1.54, 1.807) is 0 Å². The molecule has 0 fully saturated rings. The average molecular weight is 168 g/mol. The zero-order valence-corrected chi connectivity index (χ0v) is 8.97. The number of rotatable bonds is 7. The van der Waals surface area contributed by atoms with Crippen LogP contribution in [0.5, 0.6) is 0 Å². The van der Waals surface area contributed by atoms with Crippen molar-refractivity contribution in [1.29, 1.82) is 0 Å². The van der Waals surface area contributed by atoms with Gasteiger partial charge in [-0.25, -0.2) is 0 Å². The molecular formula is C12H24. The van der Waals surface area contributed by atoms with E-state index in [0.717, 1.165) is 5.92 Å². The molecular weight excluding hydrogens is 144 g/mol. The van der Waals surface area contributed by atoms with Crippen molar-refractivity contribution in [1.82, 2.24) is 0 Å². The van der Waals surface area contributed by atoms with E-state index in [9.17, 15) is 0 Å². The van der Waals surface area contributed by atoms with Crippen LogP contribution < -0.4 is 0 Å². The first-order valence-corrected chi connectivity index (χ1v) is 5.46. The van der Waals surface area contributed by atoms with Crippen LogP contribution >= 0.6 is 0 Å². The highest BCUT2D eigenvalue weighted by Crippen LogP contribution is 2.10. The summed E-state index contributed by atoms with van der Waals surface area (Å²) in [6.07, 6.45) is 12.6. The van der Waals surface area contributed by atoms with E-state index < -0.39 is 0 Å². The van der Waals surface area contributed by atoms with Crippen molar-refractivity contribution in [3.63, 3.8) is 0 Å². The summed E-state index contributed by atoms with van der Waals surface area (Å²) < 4.78 is 0. The number of hydrogen-bond acceptors (Lipinski definition) is 0. The Morgan fingerprint density at radius 1 is 1.08 bits per heavy atom. The lowest BCUT2D eigenvalue weighted by molar-refractivity contribution is 0.531. The van der Waals surface area contributed by atoms with Gasteiger partial charge in [0.25, 0.3) is 0 Å². The van der Waals surface area contributed by atoms with E-state index in [1.165, 1.54) is 38.5 Å². The highest BCUT2D eigenvalue weighted by atomic mass is 14.0. The lowest BCUT2D eigenvalue weighted by atomic mass is 10.0. The molecule has 0 aromatic heterocycles. The van der Waals surface area contributed by atoms with Crippen molar-refractivity contribution in [2.45, 2.75) is 59.3 Å². The summed E-state index contributed by atoms with van der Waals surface area (Å²) in [6, 6.07) is 0. The van der Waals surface area contributed by atoms with E-state index in [0.29, 0.717) is 0 Å². The Labute approximate surface area is 78.1 Å². The van der Waals surface area contributed by atoms with Crippen LogP contribution in [-0.2, 0) is 0 Å². The summed E-state index contributed by atoms with van der Waals surface area (Å²) in [4.78, 5) is 0. The van der Waals surface area contributed by atoms with Crippen molar-refractivity contribution in [2.75, 3.05) is 0 Å². The molecule has 0 N–H and O–H groups in total. The normalized spacial score (nSPS) is 13.9. The zero-order valence-electron chi connectivity index (χ0n) is 8.97. The molecule has 0 aromatic rings. The van der Waals surface area contributed by atoms with Crippen molar-refractivity contribution in [3.8, 4) is 0 Å². The quantitative estimate of drug-likeness (QED) is 0.386. The van der Waals surface area contributed by atoms with Crippen LogP contribution in [0.3, 0.4) is 0 Å². The summed E-state index contributed by atoms with van der Waals surface area (Å²) in [7, 11) is 0. The molecule has 0 rings (SSSR count). The van der Waals surface area contributed by atoms with Gasteiger partial charge in [0.05, 0.1) is 0 Å². The summed E-state index contributed by atoms with van der Waals surface area (Å²) in [5.41, 5.74) is 0. The maximum absolute atomic E-state index is 2.36. The minimum absolute atomic E-state index is 0.882. The molecule has 0 nitrogen and oxygen atoms in total. The fourth-order valence-corrected chi connectivity index (χ4v) is 1.38. The van der Waals surface area contributed by atoms with Gasteiger partial charge < -0.3 is 0 Å². The fourth-order valence-electron chi connectivity index (χ4n) is 1.38. The zero-order chi connectivity index (χ0) is 9.23. The summed E-state index contributed by atoms with van der Waals surface area (Å²) in [5, 5.41) is 0. The molecule has 1 unspecified atom stereocenters. The number of allylic oxidation sites excluding steroid dienone is 2. The summed E-state index contributed by atoms with van der Waals surface area (Å²) in [6.45, 7) is 6.85. The molecule has 72 valence electrons. The Kier molecular flexibility index (Phi) is 8.64. The number of hydrogen-bond donors (Lipinski definition) is 0. The van der Waals surface area contributed by atoms with Crippen molar-refractivity contribution in [2.24, 2.45) is 5.92 Å². The Morgan fingerprint density at radius 3 is 2.42 bits per heavy atom. The largest absolute Gasteiger partial charge is 0.0885 e. The molecule has 12 heavy (non-hydrogen) atoms. The van der Waals surface area contributed by atoms with Crippen molar-refractivity contribution < 1.29 is 0 Å². The minimum Gasteiger partial charge on any atom is -0.0885 e. The monoisotopic (exact) mass is 168 g/mol. The third kappa shape index (κ3) is 7.84. The molecule has 0 aromatic carbocycles. The van der Waals surface area contributed by atoms with E-state index in [2.05, 4.69) is 32.9 Å². The minimum atomic E-state index is 0.882. The third-order valence-electron chi connectivity index (χ3n) is 2.21. The third-order valence-corrected chi connectivity index (χ3v) is 2.21. The molecule has 0 saturated carbocycles. The molecule has 1 atom stereocenters. The molecule has 0 saturated heterocycles. The van der Waals surface area contributed by atoms with Crippen LogP contribution in [0.25, 0.3) is 0 Å². The van der Waals surface area contributed by atoms with Gasteiger partial charge in [0.2, 0.25) is 0 Å². The molecule has 0 heteroatoms. The van der Waals surface area contributed by atoms with Crippen LogP contribution in [0.4, 0.5) is 0 Å². The van der Waals surface area contributed by atoms with Gasteiger partial charge >= 0.3 is 0 Å². The maximum atomic E-state index is 2.36. The van der Waals surface area contributed by atoms with E-state index >= 15 is 0 Å². The first-order valence-electron chi connectivity index (χ1n) is 5.46. The Hall–Kier alpha value is -0.260. The van der Waals surface area contributed by atoms with Gasteiger partial charge in [0, 0.05) is 0 Å². The first kappa shape index (κ1) is 11.7. The lowest BCUT2D eigenvalue weighted by Gasteiger charge is -2.04. The molecule has 0 aliphatic rings. The van der Waals surface area contributed by atoms with Crippen LogP contribution in [0, 0.1) is 5.92 Å². The van der Waals surface area contributed by atoms with Crippen LogP contribution in [0.1, 0.15) is 59.3 Å². The highest BCUT2D eigenvalue weighted by molar-refractivity contribution is 4.82. The predicted octanol–water partition coefficient (Wildman–Crippen LogP) is 4.56. The van der Waals surface area contributed by atoms with Crippen LogP contribution in [0.2, 0.25) is 0 Å². The molecule has 0 aliphatic heterocycles. The topological polar surface area (TPSA) is 0 Å². The van der Waals surface area contributed by atoms with Crippen LogP contribution in [-0.4, -0.2) is 0 Å². The van der Waals surface area contributed by atoms with Gasteiger partial charge in [-0.1, -0.05) is 58.6 Å². The van der Waals surface area contributed by atoms with Gasteiger partial charge in [0.1, 0.15) is 0 Å². The van der Waals surface area contributed by atoms with Gasteiger partial charge in [-0.3, -0.25) is 0 Å². The smallest absolute Gasteiger partial charge is 0.0325 e. The fraction of sp³-hybridized carbons (Fsp3) is 0.833. The maximum Gasteiger partial charge on any atom is -0.0325 e. The van der Waals surface area contributed by atoms with Gasteiger partial charge in [-0.05, 0) is 18.8 Å². The van der Waals surface area contributed by atoms with E-state index in [1.807, 2.05) is 0 Å². The lowest BCUT2D eigenvalue weighted by Crippen LogP contribution is -1.90. The molecule has 0 bridgehead atoms. The van der Waals surface area contributed by atoms with Gasteiger partial charge in [-0.15, -0.1) is 0 Å². The molecule has 0 amide bonds. The van der Waals surface area contributed by atoms with Crippen LogP contribution in [0.15, 0.2) is 12.2 Å². The van der Waals surface area contributed by atoms with E-state index in [-0.39, 0.29) is 0 Å². The molecule has 0 radical (unpaired) electrons. The van der Waals surface area contributed by atoms with E-state index in [4.69, 9.17) is 0 Å². The molecule has 0 heterocycles. The Morgan fingerprint density at radius 2 is 1.83 bits per heavy atom. The second-order valence-corrected chi connectivity index (χ2v) is 3.74. The molecule has 0 spiro atoms. The average Bonchev–Trinajstić information content (AvgIpc) is 2.05. The Balaban J connectivity index is 3.21. The van der Waals surface area contributed by atoms with Crippen molar-refractivity contribution >= 4 is 0 Å². The second kappa shape index (κ2) is 8.83. The SMILES string of the molecule is CCCC/C=C/CC(C)CCC. The summed E-state index contributed by atoms with van der Waals surface area (Å²) >= 11 is 0. The Bertz CT molecular complexity index is 103. The highest BCUT2D eigenvalue weighted by Gasteiger charge is 1.95. The van der Waals surface area contributed by atoms with Gasteiger partial charge in [0.15, 0.2) is 0 Å².